The van der Waals surface area contributed by atoms with Crippen molar-refractivity contribution >= 4 is 11.6 Å². The fourth-order valence-corrected chi connectivity index (χ4v) is 4.02. The Morgan fingerprint density at radius 3 is 3.14 bits per heavy atom. The molecule has 4 atom stereocenters. The largest absolute Gasteiger partial charge is 0.329 e. The minimum Gasteiger partial charge on any atom is -0.329 e. The van der Waals surface area contributed by atoms with Gasteiger partial charge >= 0.3 is 0 Å². The highest BCUT2D eigenvalue weighted by atomic mass is 16.2. The molecule has 7 heteroatoms. The number of aromatic nitrogens is 3. The van der Waals surface area contributed by atoms with Crippen molar-refractivity contribution in [1.29, 1.82) is 0 Å². The molecule has 2 fully saturated rings. The molecule has 1 aliphatic heterocycles. The molecule has 4 N–H and O–H groups in total. The zero-order valence-electron chi connectivity index (χ0n) is 12.3. The summed E-state index contributed by atoms with van der Waals surface area (Å²) in [5.74, 6) is 0.831. The van der Waals surface area contributed by atoms with Gasteiger partial charge in [0.05, 0.1) is 6.20 Å². The van der Waals surface area contributed by atoms with Crippen molar-refractivity contribution in [2.45, 2.75) is 31.2 Å². The normalized spacial score (nSPS) is 31.8. The summed E-state index contributed by atoms with van der Waals surface area (Å²) in [6, 6.07) is 0.139. The first-order chi connectivity index (χ1) is 10.8. The van der Waals surface area contributed by atoms with Gasteiger partial charge in [-0.05, 0) is 25.2 Å². The Balaban J connectivity index is 1.65. The number of hydrogen-bond donors (Lipinski definition) is 3. The van der Waals surface area contributed by atoms with Gasteiger partial charge < -0.3 is 10.1 Å². The lowest BCUT2D eigenvalue weighted by atomic mass is 9.69. The highest BCUT2D eigenvalue weighted by molar-refractivity contribution is 5.79. The minimum atomic E-state index is 0.0704. The van der Waals surface area contributed by atoms with Crippen LogP contribution < -0.4 is 16.6 Å². The third-order valence-corrected chi connectivity index (χ3v) is 5.15. The van der Waals surface area contributed by atoms with Gasteiger partial charge in [-0.1, -0.05) is 0 Å². The number of nitrogens with one attached hydrogen (secondary N) is 2. The summed E-state index contributed by atoms with van der Waals surface area (Å²) in [6.45, 7) is 0.529. The SMILES string of the molecule is NCC1NNC(=O)C2CCC(c3cncc4nccn34)CC12. The fraction of sp³-hybridized carbons (Fsp3) is 0.533. The van der Waals surface area contributed by atoms with Crippen LogP contribution in [0.1, 0.15) is 30.9 Å². The van der Waals surface area contributed by atoms with E-state index in [1.54, 1.807) is 12.4 Å². The summed E-state index contributed by atoms with van der Waals surface area (Å²) in [5.41, 5.74) is 13.7. The van der Waals surface area contributed by atoms with Crippen molar-refractivity contribution in [2.24, 2.45) is 17.6 Å². The summed E-state index contributed by atoms with van der Waals surface area (Å²) >= 11 is 0. The average Bonchev–Trinajstić information content (AvgIpc) is 3.03. The van der Waals surface area contributed by atoms with Crippen LogP contribution in [-0.4, -0.2) is 32.9 Å². The van der Waals surface area contributed by atoms with Crippen molar-refractivity contribution in [2.75, 3.05) is 6.54 Å². The number of fused-ring (bicyclic) bond motifs is 2. The smallest absolute Gasteiger partial charge is 0.237 e. The second kappa shape index (κ2) is 5.33. The standard InChI is InChI=1S/C15H20N6O/c16-6-12-11-5-9(1-2-10(11)15(22)20-19-12)13-7-17-8-14-18-3-4-21(13)14/h3-4,7-12,19H,1-2,5-6,16H2,(H,20,22). The number of nitrogens with two attached hydrogens (primary N) is 1. The average molecular weight is 300 g/mol. The molecular formula is C15H20N6O. The predicted molar refractivity (Wildman–Crippen MR) is 80.7 cm³/mol. The second-order valence-electron chi connectivity index (χ2n) is 6.24. The quantitative estimate of drug-likeness (QED) is 0.735. The van der Waals surface area contributed by atoms with Crippen LogP contribution in [0.5, 0.6) is 0 Å². The van der Waals surface area contributed by atoms with Gasteiger partial charge in [-0.2, -0.15) is 0 Å². The summed E-state index contributed by atoms with van der Waals surface area (Å²) in [4.78, 5) is 20.7. The van der Waals surface area contributed by atoms with Crippen LogP contribution >= 0.6 is 0 Å². The monoisotopic (exact) mass is 300 g/mol. The highest BCUT2D eigenvalue weighted by Gasteiger charge is 2.42. The number of carbonyl (C=O) groups excluding carboxylic acids is 1. The molecule has 0 bridgehead atoms. The Hall–Kier alpha value is -1.99. The van der Waals surface area contributed by atoms with E-state index in [9.17, 15) is 4.79 Å². The lowest BCUT2D eigenvalue weighted by molar-refractivity contribution is -0.133. The number of nitrogens with zero attached hydrogens (tertiary/aromatic N) is 3. The summed E-state index contributed by atoms with van der Waals surface area (Å²) in [5, 5.41) is 0. The first-order valence-electron chi connectivity index (χ1n) is 7.80. The summed E-state index contributed by atoms with van der Waals surface area (Å²) < 4.78 is 2.10. The van der Waals surface area contributed by atoms with Crippen molar-refractivity contribution in [3.8, 4) is 0 Å². The number of hydrogen-bond acceptors (Lipinski definition) is 5. The number of rotatable bonds is 2. The fourth-order valence-electron chi connectivity index (χ4n) is 4.02. The van der Waals surface area contributed by atoms with Gasteiger partial charge in [0.2, 0.25) is 5.91 Å². The van der Waals surface area contributed by atoms with Gasteiger partial charge in [-0.25, -0.2) is 10.4 Å². The minimum absolute atomic E-state index is 0.0704. The van der Waals surface area contributed by atoms with E-state index < -0.39 is 0 Å². The molecule has 2 aliphatic rings. The Morgan fingerprint density at radius 1 is 1.36 bits per heavy atom. The van der Waals surface area contributed by atoms with Gasteiger partial charge in [0.15, 0.2) is 5.65 Å². The van der Waals surface area contributed by atoms with Crippen molar-refractivity contribution in [3.63, 3.8) is 0 Å². The molecule has 7 nitrogen and oxygen atoms in total. The van der Waals surface area contributed by atoms with E-state index in [0.717, 1.165) is 24.9 Å². The molecule has 4 rings (SSSR count). The topological polar surface area (TPSA) is 97.3 Å². The molecule has 3 heterocycles. The van der Waals surface area contributed by atoms with E-state index in [-0.39, 0.29) is 23.8 Å². The third-order valence-electron chi connectivity index (χ3n) is 5.15. The van der Waals surface area contributed by atoms with E-state index in [0.29, 0.717) is 12.5 Å². The molecule has 0 aromatic carbocycles. The van der Waals surface area contributed by atoms with Crippen LogP contribution in [-0.2, 0) is 4.79 Å². The van der Waals surface area contributed by atoms with Crippen LogP contribution in [0, 0.1) is 11.8 Å². The molecule has 2 aromatic heterocycles. The van der Waals surface area contributed by atoms with Crippen LogP contribution in [0.4, 0.5) is 0 Å². The number of amides is 1. The van der Waals surface area contributed by atoms with Crippen molar-refractivity contribution in [1.82, 2.24) is 25.2 Å². The second-order valence-corrected chi connectivity index (χ2v) is 6.24. The maximum atomic E-state index is 12.1. The number of hydrazine groups is 1. The van der Waals surface area contributed by atoms with Gasteiger partial charge in [0.1, 0.15) is 0 Å². The summed E-state index contributed by atoms with van der Waals surface area (Å²) in [6.07, 6.45) is 10.3. The molecule has 0 spiro atoms. The maximum Gasteiger partial charge on any atom is 0.237 e. The van der Waals surface area contributed by atoms with Crippen molar-refractivity contribution in [3.05, 3.63) is 30.5 Å². The molecule has 0 radical (unpaired) electrons. The summed E-state index contributed by atoms with van der Waals surface area (Å²) in [7, 11) is 0. The van der Waals surface area contributed by atoms with Gasteiger partial charge in [-0.15, -0.1) is 0 Å². The lowest BCUT2D eigenvalue weighted by Crippen LogP contribution is -2.62. The number of imidazole rings is 1. The Kier molecular flexibility index (Phi) is 3.31. The van der Waals surface area contributed by atoms with E-state index >= 15 is 0 Å². The van der Waals surface area contributed by atoms with Crippen LogP contribution in [0.25, 0.3) is 5.65 Å². The van der Waals surface area contributed by atoms with E-state index in [1.807, 2.05) is 12.4 Å². The number of carbonyl (C=O) groups is 1. The molecule has 2 aromatic rings. The molecule has 116 valence electrons. The molecule has 4 unspecified atom stereocenters. The Morgan fingerprint density at radius 2 is 2.27 bits per heavy atom. The van der Waals surface area contributed by atoms with Crippen LogP contribution in [0.15, 0.2) is 24.8 Å². The molecule has 1 amide bonds. The van der Waals surface area contributed by atoms with E-state index in [2.05, 4.69) is 25.2 Å². The predicted octanol–water partition coefficient (Wildman–Crippen LogP) is 0.191. The molecule has 22 heavy (non-hydrogen) atoms. The third kappa shape index (κ3) is 2.08. The first kappa shape index (κ1) is 13.7. The zero-order valence-corrected chi connectivity index (χ0v) is 12.3. The molecule has 1 saturated carbocycles. The highest BCUT2D eigenvalue weighted by Crippen LogP contribution is 2.41. The van der Waals surface area contributed by atoms with E-state index in [4.69, 9.17) is 5.73 Å². The van der Waals surface area contributed by atoms with Crippen molar-refractivity contribution < 1.29 is 4.79 Å². The molecule has 1 saturated heterocycles. The Bertz CT molecular complexity index is 698. The first-order valence-corrected chi connectivity index (χ1v) is 7.80. The van der Waals surface area contributed by atoms with Gasteiger partial charge in [-0.3, -0.25) is 15.2 Å². The van der Waals surface area contributed by atoms with Crippen LogP contribution in [0.2, 0.25) is 0 Å². The lowest BCUT2D eigenvalue weighted by Gasteiger charge is -2.43. The van der Waals surface area contributed by atoms with E-state index in [1.165, 1.54) is 5.69 Å². The van der Waals surface area contributed by atoms with Crippen LogP contribution in [0.3, 0.4) is 0 Å². The Labute approximate surface area is 128 Å². The molecular weight excluding hydrogens is 280 g/mol. The van der Waals surface area contributed by atoms with Gasteiger partial charge in [0, 0.05) is 48.7 Å². The van der Waals surface area contributed by atoms with Gasteiger partial charge in [0.25, 0.3) is 0 Å². The maximum absolute atomic E-state index is 12.1. The zero-order chi connectivity index (χ0) is 15.1. The molecule has 1 aliphatic carbocycles.